The Labute approximate surface area is 160 Å². The number of nitrogens with one attached hydrogen (secondary N) is 1. The van der Waals surface area contributed by atoms with E-state index in [-0.39, 0.29) is 5.91 Å². The van der Waals surface area contributed by atoms with E-state index in [2.05, 4.69) is 33.4 Å². The minimum atomic E-state index is 0.0729. The van der Waals surface area contributed by atoms with Gasteiger partial charge in [-0.1, -0.05) is 36.4 Å². The number of aromatic nitrogens is 2. The van der Waals surface area contributed by atoms with Crippen LogP contribution in [0, 0.1) is 0 Å². The van der Waals surface area contributed by atoms with Crippen LogP contribution in [0.2, 0.25) is 0 Å². The Kier molecular flexibility index (Phi) is 5.49. The maximum absolute atomic E-state index is 12.3. The van der Waals surface area contributed by atoms with Gasteiger partial charge in [0.05, 0.1) is 17.4 Å². The third-order valence-corrected chi connectivity index (χ3v) is 5.29. The fourth-order valence-electron chi connectivity index (χ4n) is 3.76. The molecule has 5 heteroatoms. The van der Waals surface area contributed by atoms with Gasteiger partial charge in [-0.05, 0) is 49.2 Å². The third kappa shape index (κ3) is 4.37. The summed E-state index contributed by atoms with van der Waals surface area (Å²) in [5.74, 6) is 0.0729. The van der Waals surface area contributed by atoms with Crippen LogP contribution in [-0.2, 0) is 24.4 Å². The standard InChI is InChI=1S/C22H26N4O/c27-22(11-14-26-17-24-20-9-3-4-10-21(20)26)23-15-18-7-1-2-8-19(18)16-25-12-5-6-13-25/h1-4,7-10,17H,5-6,11-16H2,(H,23,27). The van der Waals surface area contributed by atoms with Gasteiger partial charge in [-0.3, -0.25) is 9.69 Å². The lowest BCUT2D eigenvalue weighted by Gasteiger charge is -2.17. The zero-order valence-corrected chi connectivity index (χ0v) is 15.6. The summed E-state index contributed by atoms with van der Waals surface area (Å²) >= 11 is 0. The van der Waals surface area contributed by atoms with Gasteiger partial charge in [0.2, 0.25) is 5.91 Å². The summed E-state index contributed by atoms with van der Waals surface area (Å²) in [6, 6.07) is 16.4. The quantitative estimate of drug-likeness (QED) is 0.701. The predicted molar refractivity (Wildman–Crippen MR) is 107 cm³/mol. The van der Waals surface area contributed by atoms with Crippen LogP contribution < -0.4 is 5.32 Å². The molecule has 1 saturated heterocycles. The van der Waals surface area contributed by atoms with E-state index in [9.17, 15) is 4.79 Å². The Hall–Kier alpha value is -2.66. The molecule has 1 N–H and O–H groups in total. The van der Waals surface area contributed by atoms with Gasteiger partial charge >= 0.3 is 0 Å². The number of hydrogen-bond donors (Lipinski definition) is 1. The normalized spacial score (nSPS) is 14.7. The number of rotatable bonds is 7. The van der Waals surface area contributed by atoms with Gasteiger partial charge in [-0.25, -0.2) is 4.98 Å². The van der Waals surface area contributed by atoms with E-state index in [4.69, 9.17) is 0 Å². The van der Waals surface area contributed by atoms with Crippen LogP contribution in [0.1, 0.15) is 30.4 Å². The number of likely N-dealkylation sites (tertiary alicyclic amines) is 1. The number of fused-ring (bicyclic) bond motifs is 1. The largest absolute Gasteiger partial charge is 0.352 e. The van der Waals surface area contributed by atoms with Crippen LogP contribution in [-0.4, -0.2) is 33.4 Å². The summed E-state index contributed by atoms with van der Waals surface area (Å²) in [4.78, 5) is 19.2. The van der Waals surface area contributed by atoms with E-state index in [0.29, 0.717) is 19.5 Å². The van der Waals surface area contributed by atoms with Crippen LogP contribution in [0.4, 0.5) is 0 Å². The highest BCUT2D eigenvalue weighted by Gasteiger charge is 2.14. The maximum Gasteiger partial charge on any atom is 0.222 e. The van der Waals surface area contributed by atoms with Gasteiger partial charge in [0.1, 0.15) is 0 Å². The Bertz CT molecular complexity index is 911. The number of nitrogens with zero attached hydrogens (tertiary/aromatic N) is 3. The molecule has 0 atom stereocenters. The van der Waals surface area contributed by atoms with Crippen LogP contribution in [0.25, 0.3) is 11.0 Å². The molecule has 0 spiro atoms. The highest BCUT2D eigenvalue weighted by atomic mass is 16.1. The molecule has 1 amide bonds. The van der Waals surface area contributed by atoms with E-state index in [1.807, 2.05) is 41.2 Å². The molecule has 2 aromatic carbocycles. The summed E-state index contributed by atoms with van der Waals surface area (Å²) in [5.41, 5.74) is 4.57. The molecule has 4 rings (SSSR count). The molecule has 5 nitrogen and oxygen atoms in total. The van der Waals surface area contributed by atoms with Gasteiger partial charge < -0.3 is 9.88 Å². The average molecular weight is 362 g/mol. The van der Waals surface area contributed by atoms with Crippen molar-refractivity contribution in [3.8, 4) is 0 Å². The SMILES string of the molecule is O=C(CCn1cnc2ccccc21)NCc1ccccc1CN1CCCC1. The van der Waals surface area contributed by atoms with Crippen molar-refractivity contribution in [3.63, 3.8) is 0 Å². The molecule has 1 aliphatic heterocycles. The average Bonchev–Trinajstić information content (AvgIpc) is 3.35. The number of amides is 1. The number of imidazole rings is 1. The number of carbonyl (C=O) groups is 1. The summed E-state index contributed by atoms with van der Waals surface area (Å²) in [5, 5.41) is 3.08. The molecular formula is C22H26N4O. The lowest BCUT2D eigenvalue weighted by Crippen LogP contribution is -2.25. The molecule has 0 aliphatic carbocycles. The zero-order valence-electron chi connectivity index (χ0n) is 15.6. The first-order chi connectivity index (χ1) is 13.3. The Balaban J connectivity index is 1.31. The highest BCUT2D eigenvalue weighted by Crippen LogP contribution is 2.16. The van der Waals surface area contributed by atoms with Crippen LogP contribution >= 0.6 is 0 Å². The smallest absolute Gasteiger partial charge is 0.222 e. The van der Waals surface area contributed by atoms with Crippen LogP contribution in [0.5, 0.6) is 0 Å². The Morgan fingerprint density at radius 3 is 2.59 bits per heavy atom. The highest BCUT2D eigenvalue weighted by molar-refractivity contribution is 5.77. The lowest BCUT2D eigenvalue weighted by atomic mass is 10.1. The van der Waals surface area contributed by atoms with Crippen molar-refractivity contribution in [1.29, 1.82) is 0 Å². The minimum Gasteiger partial charge on any atom is -0.352 e. The summed E-state index contributed by atoms with van der Waals surface area (Å²) in [6.07, 6.45) is 4.85. The molecule has 0 unspecified atom stereocenters. The molecule has 0 bridgehead atoms. The number of benzene rings is 2. The first-order valence-corrected chi connectivity index (χ1v) is 9.75. The number of carbonyl (C=O) groups excluding carboxylic acids is 1. The number of aryl methyl sites for hydroxylation is 1. The molecule has 0 radical (unpaired) electrons. The van der Waals surface area contributed by atoms with Crippen LogP contribution in [0.15, 0.2) is 54.9 Å². The van der Waals surface area contributed by atoms with Crippen molar-refractivity contribution in [2.45, 2.75) is 38.9 Å². The monoisotopic (exact) mass is 362 g/mol. The molecule has 2 heterocycles. The number of para-hydroxylation sites is 2. The predicted octanol–water partition coefficient (Wildman–Crippen LogP) is 3.34. The van der Waals surface area contributed by atoms with E-state index in [0.717, 1.165) is 17.6 Å². The second kappa shape index (κ2) is 8.35. The third-order valence-electron chi connectivity index (χ3n) is 5.29. The molecular weight excluding hydrogens is 336 g/mol. The fraction of sp³-hybridized carbons (Fsp3) is 0.364. The van der Waals surface area contributed by atoms with E-state index in [1.54, 1.807) is 0 Å². The van der Waals surface area contributed by atoms with Gasteiger partial charge in [0.15, 0.2) is 0 Å². The first-order valence-electron chi connectivity index (χ1n) is 9.75. The van der Waals surface area contributed by atoms with E-state index >= 15 is 0 Å². The maximum atomic E-state index is 12.3. The lowest BCUT2D eigenvalue weighted by molar-refractivity contribution is -0.121. The molecule has 1 aliphatic rings. The molecule has 0 saturated carbocycles. The Morgan fingerprint density at radius 2 is 1.74 bits per heavy atom. The van der Waals surface area contributed by atoms with Crippen molar-refractivity contribution >= 4 is 16.9 Å². The molecule has 1 aromatic heterocycles. The minimum absolute atomic E-state index is 0.0729. The molecule has 140 valence electrons. The Morgan fingerprint density at radius 1 is 1.00 bits per heavy atom. The van der Waals surface area contributed by atoms with Crippen molar-refractivity contribution in [3.05, 3.63) is 66.0 Å². The van der Waals surface area contributed by atoms with Gasteiger partial charge in [-0.2, -0.15) is 0 Å². The molecule has 3 aromatic rings. The molecule has 1 fully saturated rings. The summed E-state index contributed by atoms with van der Waals surface area (Å²) < 4.78 is 2.04. The number of hydrogen-bond acceptors (Lipinski definition) is 3. The van der Waals surface area contributed by atoms with Crippen molar-refractivity contribution < 1.29 is 4.79 Å². The topological polar surface area (TPSA) is 50.2 Å². The van der Waals surface area contributed by atoms with Crippen molar-refractivity contribution in [1.82, 2.24) is 19.8 Å². The zero-order chi connectivity index (χ0) is 18.5. The fourth-order valence-corrected chi connectivity index (χ4v) is 3.76. The second-order valence-electron chi connectivity index (χ2n) is 7.21. The summed E-state index contributed by atoms with van der Waals surface area (Å²) in [6.45, 7) is 4.57. The van der Waals surface area contributed by atoms with Crippen molar-refractivity contribution in [2.24, 2.45) is 0 Å². The summed E-state index contributed by atoms with van der Waals surface area (Å²) in [7, 11) is 0. The van der Waals surface area contributed by atoms with Gasteiger partial charge in [0, 0.05) is 26.1 Å². The van der Waals surface area contributed by atoms with E-state index in [1.165, 1.54) is 37.1 Å². The van der Waals surface area contributed by atoms with Gasteiger partial charge in [0.25, 0.3) is 0 Å². The van der Waals surface area contributed by atoms with Crippen molar-refractivity contribution in [2.75, 3.05) is 13.1 Å². The molecule has 27 heavy (non-hydrogen) atoms. The van der Waals surface area contributed by atoms with E-state index < -0.39 is 0 Å². The van der Waals surface area contributed by atoms with Crippen LogP contribution in [0.3, 0.4) is 0 Å². The first kappa shape index (κ1) is 17.7. The second-order valence-corrected chi connectivity index (χ2v) is 7.21. The van der Waals surface area contributed by atoms with Gasteiger partial charge in [-0.15, -0.1) is 0 Å².